The number of aliphatic hydroxyl groups is 1. The Morgan fingerprint density at radius 3 is 2.84 bits per heavy atom. The first-order valence-electron chi connectivity index (χ1n) is 10.00. The van der Waals surface area contributed by atoms with E-state index in [1.165, 1.54) is 6.07 Å². The largest absolute Gasteiger partial charge is 0.396 e. The number of nitrogens with zero attached hydrogens (tertiary/aromatic N) is 2. The van der Waals surface area contributed by atoms with Gasteiger partial charge in [-0.3, -0.25) is 9.69 Å². The summed E-state index contributed by atoms with van der Waals surface area (Å²) in [5, 5.41) is 20.0. The number of halogens is 1. The van der Waals surface area contributed by atoms with Crippen molar-refractivity contribution in [2.24, 2.45) is 5.73 Å². The fourth-order valence-electron chi connectivity index (χ4n) is 4.50. The van der Waals surface area contributed by atoms with Crippen LogP contribution in [0, 0.1) is 17.3 Å². The number of amides is 1. The molecular formula is C24H19FN4O2. The van der Waals surface area contributed by atoms with Crippen molar-refractivity contribution in [3.8, 4) is 17.3 Å². The van der Waals surface area contributed by atoms with Crippen LogP contribution < -0.4 is 10.6 Å². The van der Waals surface area contributed by atoms with E-state index in [0.717, 1.165) is 34.1 Å². The average Bonchev–Trinajstić information content (AvgIpc) is 3.33. The van der Waals surface area contributed by atoms with E-state index in [1.54, 1.807) is 4.90 Å². The minimum atomic E-state index is -0.720. The Bertz CT molecular complexity index is 1420. The summed E-state index contributed by atoms with van der Waals surface area (Å²) in [5.41, 5.74) is 10.5. The van der Waals surface area contributed by atoms with Crippen LogP contribution in [0.15, 0.2) is 42.5 Å². The maximum absolute atomic E-state index is 15.4. The molecule has 1 aliphatic rings. The first-order chi connectivity index (χ1) is 15.0. The molecule has 4 N–H and O–H groups in total. The van der Waals surface area contributed by atoms with E-state index in [-0.39, 0.29) is 12.2 Å². The highest BCUT2D eigenvalue weighted by Crippen LogP contribution is 2.41. The number of hydrogen-bond acceptors (Lipinski definition) is 4. The molecular weight excluding hydrogens is 395 g/mol. The van der Waals surface area contributed by atoms with Gasteiger partial charge >= 0.3 is 0 Å². The van der Waals surface area contributed by atoms with E-state index in [1.807, 2.05) is 36.4 Å². The van der Waals surface area contributed by atoms with Gasteiger partial charge in [0, 0.05) is 35.0 Å². The molecule has 0 saturated carbocycles. The van der Waals surface area contributed by atoms with Crippen LogP contribution in [0.4, 0.5) is 10.1 Å². The molecule has 31 heavy (non-hydrogen) atoms. The van der Waals surface area contributed by atoms with Crippen molar-refractivity contribution in [2.75, 3.05) is 18.1 Å². The molecule has 0 atom stereocenters. The Morgan fingerprint density at radius 2 is 2.10 bits per heavy atom. The van der Waals surface area contributed by atoms with Crippen molar-refractivity contribution >= 4 is 33.4 Å². The summed E-state index contributed by atoms with van der Waals surface area (Å²) in [7, 11) is 0. The molecule has 2 heterocycles. The Kier molecular flexibility index (Phi) is 4.38. The highest BCUT2D eigenvalue weighted by atomic mass is 19.1. The number of hydrogen-bond donors (Lipinski definition) is 3. The predicted octanol–water partition coefficient (Wildman–Crippen LogP) is 3.60. The maximum Gasteiger partial charge on any atom is 0.250 e. The molecule has 0 aliphatic carbocycles. The highest BCUT2D eigenvalue weighted by molar-refractivity contribution is 6.20. The summed E-state index contributed by atoms with van der Waals surface area (Å²) in [4.78, 5) is 16.9. The molecule has 3 aromatic carbocycles. The summed E-state index contributed by atoms with van der Waals surface area (Å²) in [6.45, 7) is 0.622. The van der Waals surface area contributed by atoms with Crippen LogP contribution in [0.3, 0.4) is 0 Å². The van der Waals surface area contributed by atoms with Gasteiger partial charge in [-0.25, -0.2) is 4.39 Å². The number of nitriles is 1. The number of aliphatic hydroxyl groups excluding tert-OH is 1. The van der Waals surface area contributed by atoms with Gasteiger partial charge in [0.1, 0.15) is 5.82 Å². The van der Waals surface area contributed by atoms with Gasteiger partial charge in [-0.15, -0.1) is 0 Å². The van der Waals surface area contributed by atoms with Crippen molar-refractivity contribution in [1.29, 1.82) is 5.26 Å². The van der Waals surface area contributed by atoms with Gasteiger partial charge in [0.25, 0.3) is 5.91 Å². The van der Waals surface area contributed by atoms with Crippen LogP contribution in [0.1, 0.15) is 21.5 Å². The van der Waals surface area contributed by atoms with Crippen LogP contribution in [0.25, 0.3) is 32.9 Å². The number of aromatic amines is 1. The predicted molar refractivity (Wildman–Crippen MR) is 117 cm³/mol. The number of nitrogens with one attached hydrogen (secondary N) is 1. The number of rotatable bonds is 4. The SMILES string of the molecule is N#CN1CCc2ccc(-c3c(F)cc(C(N)=O)c4[nH]c5cc(CCO)ccc5c34)cc21. The fraction of sp³-hybridized carbons (Fsp3) is 0.167. The minimum absolute atomic E-state index is 0.0165. The van der Waals surface area contributed by atoms with E-state index in [2.05, 4.69) is 11.2 Å². The molecule has 1 aliphatic heterocycles. The number of carbonyl (C=O) groups excluding carboxylic acids is 1. The maximum atomic E-state index is 15.4. The number of primary amides is 1. The number of nitrogens with two attached hydrogens (primary N) is 1. The van der Waals surface area contributed by atoms with Crippen LogP contribution in [-0.4, -0.2) is 29.1 Å². The first kappa shape index (κ1) is 19.1. The number of benzene rings is 3. The Morgan fingerprint density at radius 1 is 1.26 bits per heavy atom. The molecule has 6 nitrogen and oxygen atoms in total. The Labute approximate surface area is 177 Å². The molecule has 154 valence electrons. The van der Waals surface area contributed by atoms with Gasteiger partial charge in [0.2, 0.25) is 0 Å². The lowest BCUT2D eigenvalue weighted by Crippen LogP contribution is -2.12. The number of fused-ring (bicyclic) bond motifs is 4. The van der Waals surface area contributed by atoms with Gasteiger partial charge in [-0.1, -0.05) is 24.3 Å². The second-order valence-electron chi connectivity index (χ2n) is 7.72. The monoisotopic (exact) mass is 414 g/mol. The molecule has 0 unspecified atom stereocenters. The molecule has 0 bridgehead atoms. The fourth-order valence-corrected chi connectivity index (χ4v) is 4.50. The third kappa shape index (κ3) is 2.92. The molecule has 0 fully saturated rings. The summed E-state index contributed by atoms with van der Waals surface area (Å²) < 4.78 is 15.4. The first-order valence-corrected chi connectivity index (χ1v) is 10.00. The van der Waals surface area contributed by atoms with Crippen LogP contribution in [-0.2, 0) is 12.8 Å². The number of carbonyl (C=O) groups is 1. The molecule has 0 spiro atoms. The van der Waals surface area contributed by atoms with Gasteiger partial charge in [0.05, 0.1) is 16.8 Å². The molecule has 1 aromatic heterocycles. The summed E-state index contributed by atoms with van der Waals surface area (Å²) in [5.74, 6) is -1.27. The zero-order valence-electron chi connectivity index (χ0n) is 16.6. The lowest BCUT2D eigenvalue weighted by molar-refractivity contribution is 0.100. The molecule has 1 amide bonds. The highest BCUT2D eigenvalue weighted by Gasteiger charge is 2.24. The van der Waals surface area contributed by atoms with E-state index in [0.29, 0.717) is 35.0 Å². The lowest BCUT2D eigenvalue weighted by atomic mass is 9.94. The standard InChI is InChI=1S/C24H19FN4O2/c25-18-11-17(24(27)31)23-22(16-4-1-13(6-8-30)9-19(16)28-23)21(18)15-3-2-14-5-7-29(12-26)20(14)10-15/h1-4,9-11,28,30H,5-8H2,(H2,27,31). The van der Waals surface area contributed by atoms with Crippen molar-refractivity contribution in [3.63, 3.8) is 0 Å². The second kappa shape index (κ2) is 7.11. The number of anilines is 1. The van der Waals surface area contributed by atoms with E-state index >= 15 is 4.39 Å². The summed E-state index contributed by atoms with van der Waals surface area (Å²) in [6.07, 6.45) is 3.43. The molecule has 0 radical (unpaired) electrons. The summed E-state index contributed by atoms with van der Waals surface area (Å²) >= 11 is 0. The molecule has 7 heteroatoms. The van der Waals surface area contributed by atoms with Crippen LogP contribution in [0.2, 0.25) is 0 Å². The molecule has 5 rings (SSSR count). The minimum Gasteiger partial charge on any atom is -0.396 e. The van der Waals surface area contributed by atoms with Crippen molar-refractivity contribution in [3.05, 3.63) is 65.0 Å². The Balaban J connectivity index is 1.84. The second-order valence-corrected chi connectivity index (χ2v) is 7.72. The molecule has 0 saturated heterocycles. The van der Waals surface area contributed by atoms with Crippen molar-refractivity contribution in [2.45, 2.75) is 12.8 Å². The normalized spacial score (nSPS) is 13.0. The van der Waals surface area contributed by atoms with Gasteiger partial charge in [0.15, 0.2) is 6.19 Å². The van der Waals surface area contributed by atoms with Gasteiger partial charge < -0.3 is 15.8 Å². The number of H-pyrrole nitrogens is 1. The summed E-state index contributed by atoms with van der Waals surface area (Å²) in [6, 6.07) is 12.4. The Hall–Kier alpha value is -3.89. The topological polar surface area (TPSA) is 106 Å². The third-order valence-electron chi connectivity index (χ3n) is 5.95. The van der Waals surface area contributed by atoms with Crippen LogP contribution >= 0.6 is 0 Å². The quantitative estimate of drug-likeness (QED) is 0.444. The van der Waals surface area contributed by atoms with Crippen LogP contribution in [0.5, 0.6) is 0 Å². The smallest absolute Gasteiger partial charge is 0.250 e. The van der Waals surface area contributed by atoms with E-state index in [9.17, 15) is 15.2 Å². The zero-order valence-corrected chi connectivity index (χ0v) is 16.6. The van der Waals surface area contributed by atoms with E-state index < -0.39 is 11.7 Å². The van der Waals surface area contributed by atoms with Gasteiger partial charge in [-0.05, 0) is 47.7 Å². The van der Waals surface area contributed by atoms with Gasteiger partial charge in [-0.2, -0.15) is 5.26 Å². The lowest BCUT2D eigenvalue weighted by Gasteiger charge is -2.13. The number of aromatic nitrogens is 1. The third-order valence-corrected chi connectivity index (χ3v) is 5.95. The van der Waals surface area contributed by atoms with E-state index in [4.69, 9.17) is 5.73 Å². The molecule has 4 aromatic rings. The van der Waals surface area contributed by atoms with Crippen molar-refractivity contribution in [1.82, 2.24) is 4.98 Å². The average molecular weight is 414 g/mol. The van der Waals surface area contributed by atoms with Crippen molar-refractivity contribution < 1.29 is 14.3 Å². The zero-order chi connectivity index (χ0) is 21.7.